The zero-order chi connectivity index (χ0) is 12.8. The van der Waals surface area contributed by atoms with E-state index in [9.17, 15) is 4.79 Å². The van der Waals surface area contributed by atoms with Crippen LogP contribution in [0.3, 0.4) is 0 Å². The number of thioether (sulfide) groups is 1. The Balaban J connectivity index is 1.83. The van der Waals surface area contributed by atoms with Gasteiger partial charge in [-0.05, 0) is 31.4 Å². The number of hydrogen-bond acceptors (Lipinski definition) is 3. The molecule has 1 aliphatic carbocycles. The second-order valence-corrected chi connectivity index (χ2v) is 6.82. The number of ether oxygens (including phenoxy) is 1. The Bertz CT molecular complexity index is 265. The third-order valence-electron chi connectivity index (χ3n) is 3.94. The van der Waals surface area contributed by atoms with Crippen molar-refractivity contribution in [1.82, 2.24) is 5.32 Å². The van der Waals surface area contributed by atoms with Crippen LogP contribution in [0.4, 0.5) is 0 Å². The molecule has 3 unspecified atom stereocenters. The molecule has 104 valence electrons. The highest BCUT2D eigenvalue weighted by Crippen LogP contribution is 2.29. The Morgan fingerprint density at radius 2 is 2.11 bits per heavy atom. The van der Waals surface area contributed by atoms with E-state index in [4.69, 9.17) is 4.74 Å². The minimum atomic E-state index is 0.0907. The van der Waals surface area contributed by atoms with Crippen LogP contribution in [0, 0.1) is 5.92 Å². The maximum Gasteiger partial charge on any atom is 0.225 e. The summed E-state index contributed by atoms with van der Waals surface area (Å²) < 4.78 is 5.40. The predicted molar refractivity (Wildman–Crippen MR) is 75.9 cm³/mol. The Morgan fingerprint density at radius 1 is 1.28 bits per heavy atom. The lowest BCUT2D eigenvalue weighted by Crippen LogP contribution is -2.47. The van der Waals surface area contributed by atoms with Crippen LogP contribution in [0.1, 0.15) is 45.4 Å². The van der Waals surface area contributed by atoms with Crippen molar-refractivity contribution >= 4 is 17.7 Å². The van der Waals surface area contributed by atoms with Crippen molar-refractivity contribution in [3.05, 3.63) is 0 Å². The van der Waals surface area contributed by atoms with Gasteiger partial charge in [0.2, 0.25) is 5.91 Å². The van der Waals surface area contributed by atoms with E-state index in [-0.39, 0.29) is 11.8 Å². The van der Waals surface area contributed by atoms with Gasteiger partial charge in [-0.2, -0.15) is 11.8 Å². The molecule has 4 heteroatoms. The SMILES string of the molecule is CCSC1CCCCC1NC(=O)C1CCCOC1. The molecule has 1 amide bonds. The summed E-state index contributed by atoms with van der Waals surface area (Å²) in [7, 11) is 0. The van der Waals surface area contributed by atoms with Crippen LogP contribution in [0.5, 0.6) is 0 Å². The smallest absolute Gasteiger partial charge is 0.225 e. The maximum absolute atomic E-state index is 12.2. The second-order valence-electron chi connectivity index (χ2n) is 5.31. The van der Waals surface area contributed by atoms with E-state index in [0.717, 1.165) is 31.6 Å². The fourth-order valence-corrected chi connectivity index (χ4v) is 4.12. The minimum absolute atomic E-state index is 0.0907. The van der Waals surface area contributed by atoms with E-state index in [2.05, 4.69) is 12.2 Å². The number of rotatable bonds is 4. The topological polar surface area (TPSA) is 38.3 Å². The molecule has 1 aliphatic heterocycles. The first kappa shape index (κ1) is 14.2. The van der Waals surface area contributed by atoms with E-state index in [0.29, 0.717) is 17.9 Å². The van der Waals surface area contributed by atoms with Crippen LogP contribution in [0.2, 0.25) is 0 Å². The average molecular weight is 271 g/mol. The summed E-state index contributed by atoms with van der Waals surface area (Å²) in [6.07, 6.45) is 6.99. The highest BCUT2D eigenvalue weighted by Gasteiger charge is 2.29. The summed E-state index contributed by atoms with van der Waals surface area (Å²) in [6.45, 7) is 3.64. The lowest BCUT2D eigenvalue weighted by atomic mass is 9.93. The molecule has 0 aromatic rings. The number of carbonyl (C=O) groups is 1. The van der Waals surface area contributed by atoms with E-state index in [1.165, 1.54) is 19.3 Å². The van der Waals surface area contributed by atoms with Crippen LogP contribution >= 0.6 is 11.8 Å². The standard InChI is InChI=1S/C14H25NO2S/c1-2-18-13-8-4-3-7-12(13)15-14(16)11-6-5-9-17-10-11/h11-13H,2-10H2,1H3,(H,15,16). The lowest BCUT2D eigenvalue weighted by Gasteiger charge is -2.33. The molecular formula is C14H25NO2S. The van der Waals surface area contributed by atoms with Gasteiger partial charge in [-0.15, -0.1) is 0 Å². The average Bonchev–Trinajstić information content (AvgIpc) is 2.42. The van der Waals surface area contributed by atoms with E-state index in [1.54, 1.807) is 0 Å². The van der Waals surface area contributed by atoms with Gasteiger partial charge < -0.3 is 10.1 Å². The zero-order valence-electron chi connectivity index (χ0n) is 11.3. The van der Waals surface area contributed by atoms with Crippen molar-refractivity contribution in [2.45, 2.75) is 56.7 Å². The largest absolute Gasteiger partial charge is 0.381 e. The Hall–Kier alpha value is -0.220. The minimum Gasteiger partial charge on any atom is -0.381 e. The van der Waals surface area contributed by atoms with Crippen LogP contribution in [0.25, 0.3) is 0 Å². The maximum atomic E-state index is 12.2. The summed E-state index contributed by atoms with van der Waals surface area (Å²) in [5.41, 5.74) is 0. The third kappa shape index (κ3) is 3.89. The first-order valence-electron chi connectivity index (χ1n) is 7.31. The van der Waals surface area contributed by atoms with E-state index in [1.807, 2.05) is 11.8 Å². The van der Waals surface area contributed by atoms with Gasteiger partial charge in [0.25, 0.3) is 0 Å². The molecule has 3 atom stereocenters. The molecule has 1 heterocycles. The van der Waals surface area contributed by atoms with Gasteiger partial charge in [0.05, 0.1) is 12.5 Å². The first-order chi connectivity index (χ1) is 8.81. The van der Waals surface area contributed by atoms with Crippen LogP contribution < -0.4 is 5.32 Å². The van der Waals surface area contributed by atoms with E-state index >= 15 is 0 Å². The van der Waals surface area contributed by atoms with Gasteiger partial charge in [-0.25, -0.2) is 0 Å². The second kappa shape index (κ2) is 7.39. The van der Waals surface area contributed by atoms with Crippen molar-refractivity contribution in [3.63, 3.8) is 0 Å². The van der Waals surface area contributed by atoms with Gasteiger partial charge in [0, 0.05) is 17.9 Å². The van der Waals surface area contributed by atoms with Crippen LogP contribution in [-0.4, -0.2) is 36.2 Å². The van der Waals surface area contributed by atoms with Gasteiger partial charge >= 0.3 is 0 Å². The monoisotopic (exact) mass is 271 g/mol. The quantitative estimate of drug-likeness (QED) is 0.854. The van der Waals surface area contributed by atoms with Crippen molar-refractivity contribution < 1.29 is 9.53 Å². The number of hydrogen-bond donors (Lipinski definition) is 1. The summed E-state index contributed by atoms with van der Waals surface area (Å²) in [4.78, 5) is 12.2. The highest BCUT2D eigenvalue weighted by molar-refractivity contribution is 7.99. The Kier molecular flexibility index (Phi) is 5.83. The molecule has 2 fully saturated rings. The molecule has 2 aliphatic rings. The predicted octanol–water partition coefficient (Wildman–Crippen LogP) is 2.59. The van der Waals surface area contributed by atoms with E-state index < -0.39 is 0 Å². The highest BCUT2D eigenvalue weighted by atomic mass is 32.2. The van der Waals surface area contributed by atoms with Crippen molar-refractivity contribution in [3.8, 4) is 0 Å². The zero-order valence-corrected chi connectivity index (χ0v) is 12.1. The van der Waals surface area contributed by atoms with Crippen molar-refractivity contribution in [1.29, 1.82) is 0 Å². The van der Waals surface area contributed by atoms with Crippen LogP contribution in [0.15, 0.2) is 0 Å². The Labute approximate surface area is 114 Å². The van der Waals surface area contributed by atoms with Crippen molar-refractivity contribution in [2.24, 2.45) is 5.92 Å². The van der Waals surface area contributed by atoms with Gasteiger partial charge in [-0.1, -0.05) is 19.8 Å². The molecule has 0 aromatic heterocycles. The molecule has 0 bridgehead atoms. The molecule has 0 spiro atoms. The van der Waals surface area contributed by atoms with Crippen molar-refractivity contribution in [2.75, 3.05) is 19.0 Å². The summed E-state index contributed by atoms with van der Waals surface area (Å²) in [5, 5.41) is 3.91. The molecule has 0 aromatic carbocycles. The van der Waals surface area contributed by atoms with Gasteiger partial charge in [0.1, 0.15) is 0 Å². The molecular weight excluding hydrogens is 246 g/mol. The molecule has 18 heavy (non-hydrogen) atoms. The van der Waals surface area contributed by atoms with Gasteiger partial charge in [0.15, 0.2) is 0 Å². The van der Waals surface area contributed by atoms with Crippen LogP contribution in [-0.2, 0) is 9.53 Å². The number of amides is 1. The molecule has 3 nitrogen and oxygen atoms in total. The molecule has 0 radical (unpaired) electrons. The summed E-state index contributed by atoms with van der Waals surface area (Å²) in [6, 6.07) is 0.387. The lowest BCUT2D eigenvalue weighted by molar-refractivity contribution is -0.129. The Morgan fingerprint density at radius 3 is 2.83 bits per heavy atom. The fraction of sp³-hybridized carbons (Fsp3) is 0.929. The number of carbonyl (C=O) groups excluding carboxylic acids is 1. The molecule has 1 N–H and O–H groups in total. The molecule has 1 saturated carbocycles. The summed E-state index contributed by atoms with van der Waals surface area (Å²) >= 11 is 2.00. The molecule has 2 rings (SSSR count). The van der Waals surface area contributed by atoms with Gasteiger partial charge in [-0.3, -0.25) is 4.79 Å². The number of nitrogens with one attached hydrogen (secondary N) is 1. The summed E-state index contributed by atoms with van der Waals surface area (Å²) in [5.74, 6) is 1.46. The fourth-order valence-electron chi connectivity index (χ4n) is 2.92. The molecule has 1 saturated heterocycles. The third-order valence-corrected chi connectivity index (χ3v) is 5.27. The first-order valence-corrected chi connectivity index (χ1v) is 8.36. The normalized spacial score (nSPS) is 33.1.